The Morgan fingerprint density at radius 3 is 2.94 bits per heavy atom. The zero-order chi connectivity index (χ0) is 12.4. The van der Waals surface area contributed by atoms with E-state index in [1.807, 2.05) is 6.92 Å². The molecule has 1 amide bonds. The van der Waals surface area contributed by atoms with Crippen LogP contribution < -0.4 is 11.1 Å². The first-order chi connectivity index (χ1) is 8.08. The minimum Gasteiger partial charge on any atom is -0.398 e. The van der Waals surface area contributed by atoms with Crippen molar-refractivity contribution < 1.29 is 9.53 Å². The number of nitrogens with one attached hydrogen (secondary N) is 1. The Morgan fingerprint density at radius 2 is 2.35 bits per heavy atom. The highest BCUT2D eigenvalue weighted by atomic mass is 79.9. The maximum atomic E-state index is 12.0. The Hall–Kier alpha value is -1.07. The fraction of sp³-hybridized carbons (Fsp3) is 0.417. The number of carbonyl (C=O) groups is 1. The Kier molecular flexibility index (Phi) is 3.69. The average Bonchev–Trinajstić information content (AvgIpc) is 2.68. The summed E-state index contributed by atoms with van der Waals surface area (Å²) in [5, 5.41) is 2.96. The summed E-state index contributed by atoms with van der Waals surface area (Å²) in [4.78, 5) is 12.0. The van der Waals surface area contributed by atoms with Gasteiger partial charge >= 0.3 is 0 Å². The van der Waals surface area contributed by atoms with Crippen molar-refractivity contribution in [3.8, 4) is 0 Å². The maximum Gasteiger partial charge on any atom is 0.251 e. The molecule has 5 heteroatoms. The summed E-state index contributed by atoms with van der Waals surface area (Å²) in [6, 6.07) is 5.28. The molecule has 1 saturated heterocycles. The molecule has 0 spiro atoms. The second-order valence-electron chi connectivity index (χ2n) is 4.18. The molecule has 1 aromatic rings. The highest BCUT2D eigenvalue weighted by Crippen LogP contribution is 2.20. The van der Waals surface area contributed by atoms with Crippen molar-refractivity contribution in [2.24, 2.45) is 0 Å². The lowest BCUT2D eigenvalue weighted by Gasteiger charge is -2.16. The van der Waals surface area contributed by atoms with Gasteiger partial charge in [-0.1, -0.05) is 0 Å². The number of anilines is 1. The second-order valence-corrected chi connectivity index (χ2v) is 5.04. The Morgan fingerprint density at radius 1 is 1.59 bits per heavy atom. The van der Waals surface area contributed by atoms with Crippen LogP contribution in [0.4, 0.5) is 5.69 Å². The molecule has 0 aliphatic carbocycles. The third-order valence-electron chi connectivity index (χ3n) is 2.95. The molecule has 2 rings (SSSR count). The fourth-order valence-electron chi connectivity index (χ4n) is 1.86. The molecule has 1 aromatic carbocycles. The van der Waals surface area contributed by atoms with E-state index in [1.54, 1.807) is 18.2 Å². The molecule has 0 radical (unpaired) electrons. The van der Waals surface area contributed by atoms with Crippen LogP contribution in [-0.2, 0) is 4.74 Å². The zero-order valence-electron chi connectivity index (χ0n) is 9.57. The van der Waals surface area contributed by atoms with Gasteiger partial charge in [-0.2, -0.15) is 0 Å². The highest BCUT2D eigenvalue weighted by molar-refractivity contribution is 9.10. The number of halogens is 1. The molecule has 2 atom stereocenters. The van der Waals surface area contributed by atoms with Gasteiger partial charge in [-0.3, -0.25) is 4.79 Å². The van der Waals surface area contributed by atoms with Crippen molar-refractivity contribution in [1.29, 1.82) is 0 Å². The van der Waals surface area contributed by atoms with Crippen molar-refractivity contribution in [3.63, 3.8) is 0 Å². The van der Waals surface area contributed by atoms with Crippen molar-refractivity contribution in [2.45, 2.75) is 25.5 Å². The summed E-state index contributed by atoms with van der Waals surface area (Å²) in [6.07, 6.45) is 0.936. The lowest BCUT2D eigenvalue weighted by molar-refractivity contribution is 0.0866. The van der Waals surface area contributed by atoms with Crippen LogP contribution in [-0.4, -0.2) is 24.7 Å². The number of hydrogen-bond acceptors (Lipinski definition) is 3. The summed E-state index contributed by atoms with van der Waals surface area (Å²) in [5.41, 5.74) is 6.88. The van der Waals surface area contributed by atoms with Crippen LogP contribution in [0, 0.1) is 0 Å². The third kappa shape index (κ3) is 2.79. The first-order valence-corrected chi connectivity index (χ1v) is 6.34. The SMILES string of the molecule is CC1OCCC1NC(=O)c1ccc(Br)c(N)c1. The van der Waals surface area contributed by atoms with Crippen LogP contribution in [0.2, 0.25) is 0 Å². The number of carbonyl (C=O) groups excluding carboxylic acids is 1. The molecule has 17 heavy (non-hydrogen) atoms. The zero-order valence-corrected chi connectivity index (χ0v) is 11.2. The Labute approximate surface area is 109 Å². The van der Waals surface area contributed by atoms with E-state index < -0.39 is 0 Å². The molecule has 0 aromatic heterocycles. The van der Waals surface area contributed by atoms with E-state index in [-0.39, 0.29) is 18.1 Å². The van der Waals surface area contributed by atoms with Gasteiger partial charge in [0.2, 0.25) is 0 Å². The van der Waals surface area contributed by atoms with Gasteiger partial charge in [0.15, 0.2) is 0 Å². The summed E-state index contributed by atoms with van der Waals surface area (Å²) >= 11 is 3.30. The highest BCUT2D eigenvalue weighted by Gasteiger charge is 2.25. The van der Waals surface area contributed by atoms with Gasteiger partial charge in [0.05, 0.1) is 12.1 Å². The molecule has 1 aliphatic rings. The first-order valence-electron chi connectivity index (χ1n) is 5.55. The quantitative estimate of drug-likeness (QED) is 0.820. The summed E-state index contributed by atoms with van der Waals surface area (Å²) in [5.74, 6) is -0.105. The van der Waals surface area contributed by atoms with Crippen molar-refractivity contribution in [1.82, 2.24) is 5.32 Å². The molecule has 2 unspecified atom stereocenters. The van der Waals surface area contributed by atoms with Crippen molar-refractivity contribution in [3.05, 3.63) is 28.2 Å². The second kappa shape index (κ2) is 5.06. The Bertz CT molecular complexity index is 437. The van der Waals surface area contributed by atoms with Crippen LogP contribution >= 0.6 is 15.9 Å². The van der Waals surface area contributed by atoms with Gasteiger partial charge in [-0.25, -0.2) is 0 Å². The molecular formula is C12H15BrN2O2. The number of nitrogens with two attached hydrogens (primary N) is 1. The molecule has 4 nitrogen and oxygen atoms in total. The number of hydrogen-bond donors (Lipinski definition) is 2. The van der Waals surface area contributed by atoms with Crippen molar-refractivity contribution >= 4 is 27.5 Å². The lowest BCUT2D eigenvalue weighted by atomic mass is 10.1. The summed E-state index contributed by atoms with van der Waals surface area (Å²) in [6.45, 7) is 2.67. The number of ether oxygens (including phenoxy) is 1. The average molecular weight is 299 g/mol. The van der Waals surface area contributed by atoms with Crippen molar-refractivity contribution in [2.75, 3.05) is 12.3 Å². The number of amides is 1. The molecule has 1 heterocycles. The standard InChI is InChI=1S/C12H15BrN2O2/c1-7-11(4-5-17-7)15-12(16)8-2-3-9(13)10(14)6-8/h2-3,6-7,11H,4-5,14H2,1H3,(H,15,16). The van der Waals surface area contributed by atoms with Gasteiger partial charge < -0.3 is 15.8 Å². The fourth-order valence-corrected chi connectivity index (χ4v) is 2.10. The molecule has 3 N–H and O–H groups in total. The molecule has 92 valence electrons. The van der Waals surface area contributed by atoms with Crippen LogP contribution in [0.25, 0.3) is 0 Å². The predicted octanol–water partition coefficient (Wildman–Crippen LogP) is 1.94. The van der Waals surface area contributed by atoms with Gasteiger partial charge in [0.25, 0.3) is 5.91 Å². The summed E-state index contributed by atoms with van der Waals surface area (Å²) < 4.78 is 6.20. The first kappa shape index (κ1) is 12.4. The van der Waals surface area contributed by atoms with Gasteiger partial charge in [0, 0.05) is 22.3 Å². The number of nitrogen functional groups attached to an aromatic ring is 1. The van der Waals surface area contributed by atoms with Crippen LogP contribution in [0.3, 0.4) is 0 Å². The smallest absolute Gasteiger partial charge is 0.251 e. The van der Waals surface area contributed by atoms with E-state index in [0.717, 1.165) is 10.9 Å². The monoisotopic (exact) mass is 298 g/mol. The maximum absolute atomic E-state index is 12.0. The predicted molar refractivity (Wildman–Crippen MR) is 69.8 cm³/mol. The van der Waals surface area contributed by atoms with E-state index in [1.165, 1.54) is 0 Å². The van der Waals surface area contributed by atoms with Gasteiger partial charge in [-0.15, -0.1) is 0 Å². The number of benzene rings is 1. The van der Waals surface area contributed by atoms with Crippen LogP contribution in [0.1, 0.15) is 23.7 Å². The largest absolute Gasteiger partial charge is 0.398 e. The van der Waals surface area contributed by atoms with E-state index in [9.17, 15) is 4.79 Å². The normalized spacial score (nSPS) is 23.6. The molecule has 1 fully saturated rings. The molecule has 0 saturated carbocycles. The topological polar surface area (TPSA) is 64.3 Å². The van der Waals surface area contributed by atoms with Gasteiger partial charge in [-0.05, 0) is 47.5 Å². The van der Waals surface area contributed by atoms with E-state index in [4.69, 9.17) is 10.5 Å². The van der Waals surface area contributed by atoms with E-state index >= 15 is 0 Å². The van der Waals surface area contributed by atoms with Gasteiger partial charge in [0.1, 0.15) is 0 Å². The van der Waals surface area contributed by atoms with E-state index in [2.05, 4.69) is 21.2 Å². The van der Waals surface area contributed by atoms with Crippen LogP contribution in [0.15, 0.2) is 22.7 Å². The minimum atomic E-state index is -0.105. The third-order valence-corrected chi connectivity index (χ3v) is 3.67. The molecule has 0 bridgehead atoms. The summed E-state index contributed by atoms with van der Waals surface area (Å²) in [7, 11) is 0. The molecular weight excluding hydrogens is 284 g/mol. The number of rotatable bonds is 2. The lowest BCUT2D eigenvalue weighted by Crippen LogP contribution is -2.39. The minimum absolute atomic E-state index is 0.0757. The van der Waals surface area contributed by atoms with Crippen LogP contribution in [0.5, 0.6) is 0 Å². The Balaban J connectivity index is 2.06. The van der Waals surface area contributed by atoms with E-state index in [0.29, 0.717) is 17.9 Å². The molecule has 1 aliphatic heterocycles.